The zero-order valence-corrected chi connectivity index (χ0v) is 18.0. The monoisotopic (exact) mass is 486 g/mol. The quantitative estimate of drug-likeness (QED) is 0.485. The standard InChI is InChI=1S/C20H20BrFN8O/c21-12-8-26-20(27-9-12)30-6-4-15(14(22)11-30)28-16-7-18(25-10-13(16)19(23)31)29-17-3-1-2-5-24-17/h1-3,5,7-10,14-15H,4,6,11H2,(H2,23,31)(H2,24,25,28,29)/t14-,15-/m1/s1. The Morgan fingerprint density at radius 2 is 1.97 bits per heavy atom. The normalized spacial score (nSPS) is 18.5. The molecule has 2 atom stereocenters. The van der Waals surface area contributed by atoms with E-state index in [0.717, 1.165) is 4.47 Å². The van der Waals surface area contributed by atoms with Crippen LogP contribution in [-0.2, 0) is 0 Å². The highest BCUT2D eigenvalue weighted by molar-refractivity contribution is 9.10. The highest BCUT2D eigenvalue weighted by atomic mass is 79.9. The van der Waals surface area contributed by atoms with Gasteiger partial charge >= 0.3 is 0 Å². The summed E-state index contributed by atoms with van der Waals surface area (Å²) < 4.78 is 15.8. The number of aromatic nitrogens is 4. The number of alkyl halides is 1. The number of amides is 1. The summed E-state index contributed by atoms with van der Waals surface area (Å²) in [5.41, 5.74) is 6.10. The van der Waals surface area contributed by atoms with E-state index >= 15 is 4.39 Å². The van der Waals surface area contributed by atoms with E-state index in [1.54, 1.807) is 41.7 Å². The Kier molecular flexibility index (Phi) is 6.21. The zero-order chi connectivity index (χ0) is 21.8. The minimum Gasteiger partial charge on any atom is -0.378 e. The Morgan fingerprint density at radius 3 is 2.65 bits per heavy atom. The molecule has 0 aromatic carbocycles. The molecule has 9 nitrogen and oxygen atoms in total. The predicted molar refractivity (Wildman–Crippen MR) is 119 cm³/mol. The molecule has 4 N–H and O–H groups in total. The Bertz CT molecular complexity index is 1050. The molecule has 31 heavy (non-hydrogen) atoms. The van der Waals surface area contributed by atoms with Gasteiger partial charge in [-0.15, -0.1) is 0 Å². The van der Waals surface area contributed by atoms with Crippen molar-refractivity contribution in [1.82, 2.24) is 19.9 Å². The average Bonchev–Trinajstić information content (AvgIpc) is 2.76. The number of nitrogens with one attached hydrogen (secondary N) is 2. The number of carbonyl (C=O) groups is 1. The van der Waals surface area contributed by atoms with Crippen LogP contribution in [0.3, 0.4) is 0 Å². The molecule has 1 amide bonds. The predicted octanol–water partition coefficient (Wildman–Crippen LogP) is 2.90. The van der Waals surface area contributed by atoms with Crippen molar-refractivity contribution in [3.05, 3.63) is 59.1 Å². The van der Waals surface area contributed by atoms with Gasteiger partial charge in [-0.05, 0) is 34.5 Å². The van der Waals surface area contributed by atoms with E-state index in [4.69, 9.17) is 5.73 Å². The second kappa shape index (κ2) is 9.21. The summed E-state index contributed by atoms with van der Waals surface area (Å²) in [4.78, 5) is 30.5. The van der Waals surface area contributed by atoms with Crippen molar-refractivity contribution in [2.24, 2.45) is 5.73 Å². The molecule has 3 aromatic heterocycles. The van der Waals surface area contributed by atoms with Gasteiger partial charge in [-0.3, -0.25) is 4.79 Å². The summed E-state index contributed by atoms with van der Waals surface area (Å²) in [6, 6.07) is 6.55. The summed E-state index contributed by atoms with van der Waals surface area (Å²) >= 11 is 3.29. The van der Waals surface area contributed by atoms with Crippen LogP contribution in [0.25, 0.3) is 0 Å². The molecule has 0 unspecified atom stereocenters. The molecular formula is C20H20BrFN8O. The minimum atomic E-state index is -1.21. The first-order valence-corrected chi connectivity index (χ1v) is 10.4. The molecule has 11 heteroatoms. The van der Waals surface area contributed by atoms with Crippen molar-refractivity contribution in [3.8, 4) is 0 Å². The third-order valence-electron chi connectivity index (χ3n) is 4.86. The van der Waals surface area contributed by atoms with Gasteiger partial charge in [0.1, 0.15) is 17.8 Å². The Morgan fingerprint density at radius 1 is 1.16 bits per heavy atom. The van der Waals surface area contributed by atoms with Crippen LogP contribution in [0.4, 0.5) is 27.7 Å². The van der Waals surface area contributed by atoms with Crippen molar-refractivity contribution in [2.45, 2.75) is 18.6 Å². The third kappa shape index (κ3) is 5.05. The molecular weight excluding hydrogens is 467 g/mol. The lowest BCUT2D eigenvalue weighted by Gasteiger charge is -2.35. The van der Waals surface area contributed by atoms with Crippen molar-refractivity contribution < 1.29 is 9.18 Å². The molecule has 0 spiro atoms. The third-order valence-corrected chi connectivity index (χ3v) is 5.27. The molecule has 0 radical (unpaired) electrons. The topological polar surface area (TPSA) is 122 Å². The van der Waals surface area contributed by atoms with E-state index in [1.165, 1.54) is 6.20 Å². The molecule has 0 saturated carbocycles. The van der Waals surface area contributed by atoms with Crippen molar-refractivity contribution in [1.29, 1.82) is 0 Å². The number of primary amides is 1. The van der Waals surface area contributed by atoms with E-state index in [-0.39, 0.29) is 12.1 Å². The lowest BCUT2D eigenvalue weighted by molar-refractivity contribution is 0.100. The van der Waals surface area contributed by atoms with Crippen molar-refractivity contribution in [3.63, 3.8) is 0 Å². The largest absolute Gasteiger partial charge is 0.378 e. The average molecular weight is 487 g/mol. The van der Waals surface area contributed by atoms with Gasteiger partial charge in [-0.1, -0.05) is 6.07 Å². The van der Waals surface area contributed by atoms with Crippen molar-refractivity contribution in [2.75, 3.05) is 28.6 Å². The first kappa shape index (κ1) is 20.9. The number of carbonyl (C=O) groups excluding carboxylic acids is 1. The SMILES string of the molecule is NC(=O)c1cnc(Nc2ccccn2)cc1N[C@@H]1CCN(c2ncc(Br)cn2)C[C@H]1F. The van der Waals surface area contributed by atoms with E-state index in [0.29, 0.717) is 36.2 Å². The maximum absolute atomic E-state index is 15.0. The minimum absolute atomic E-state index is 0.134. The fraction of sp³-hybridized carbons (Fsp3) is 0.250. The second-order valence-electron chi connectivity index (χ2n) is 7.02. The number of nitrogens with zero attached hydrogens (tertiary/aromatic N) is 5. The molecule has 1 aliphatic heterocycles. The van der Waals surface area contributed by atoms with Crippen LogP contribution in [0, 0.1) is 0 Å². The number of piperidine rings is 1. The molecule has 1 aliphatic rings. The maximum atomic E-state index is 15.0. The number of hydrogen-bond donors (Lipinski definition) is 3. The fourth-order valence-electron chi connectivity index (χ4n) is 3.32. The molecule has 1 fully saturated rings. The smallest absolute Gasteiger partial charge is 0.252 e. The van der Waals surface area contributed by atoms with Crippen LogP contribution in [0.15, 0.2) is 53.5 Å². The first-order valence-electron chi connectivity index (χ1n) is 9.60. The second-order valence-corrected chi connectivity index (χ2v) is 7.94. The van der Waals surface area contributed by atoms with Crippen LogP contribution >= 0.6 is 15.9 Å². The van der Waals surface area contributed by atoms with Gasteiger partial charge in [0, 0.05) is 37.4 Å². The van der Waals surface area contributed by atoms with Gasteiger partial charge in [0.05, 0.1) is 28.3 Å². The van der Waals surface area contributed by atoms with Gasteiger partial charge in [-0.2, -0.15) is 0 Å². The van der Waals surface area contributed by atoms with E-state index < -0.39 is 18.1 Å². The van der Waals surface area contributed by atoms with Gasteiger partial charge in [-0.25, -0.2) is 24.3 Å². The van der Waals surface area contributed by atoms with Gasteiger partial charge in [0.2, 0.25) is 5.95 Å². The Labute approximate surface area is 186 Å². The van der Waals surface area contributed by atoms with Gasteiger partial charge in [0.15, 0.2) is 0 Å². The fourth-order valence-corrected chi connectivity index (χ4v) is 3.53. The summed E-state index contributed by atoms with van der Waals surface area (Å²) in [5, 5.41) is 6.19. The number of nitrogens with two attached hydrogens (primary N) is 1. The molecule has 4 rings (SSSR count). The van der Waals surface area contributed by atoms with Crippen LogP contribution in [-0.4, -0.2) is 51.1 Å². The highest BCUT2D eigenvalue weighted by Gasteiger charge is 2.31. The first-order chi connectivity index (χ1) is 15.0. The Balaban J connectivity index is 1.49. The molecule has 0 aliphatic carbocycles. The summed E-state index contributed by atoms with van der Waals surface area (Å²) in [5.74, 6) is 0.893. The highest BCUT2D eigenvalue weighted by Crippen LogP contribution is 2.26. The zero-order valence-electron chi connectivity index (χ0n) is 16.4. The summed E-state index contributed by atoms with van der Waals surface area (Å²) in [6.45, 7) is 0.699. The number of anilines is 4. The van der Waals surface area contributed by atoms with E-state index in [2.05, 4.69) is 46.5 Å². The lowest BCUT2D eigenvalue weighted by atomic mass is 10.0. The van der Waals surface area contributed by atoms with Gasteiger partial charge in [0.25, 0.3) is 5.91 Å². The van der Waals surface area contributed by atoms with Crippen LogP contribution in [0.5, 0.6) is 0 Å². The molecule has 0 bridgehead atoms. The van der Waals surface area contributed by atoms with Crippen LogP contribution in [0.2, 0.25) is 0 Å². The number of pyridine rings is 2. The maximum Gasteiger partial charge on any atom is 0.252 e. The molecule has 3 aromatic rings. The summed E-state index contributed by atoms with van der Waals surface area (Å²) in [7, 11) is 0. The molecule has 160 valence electrons. The van der Waals surface area contributed by atoms with Crippen LogP contribution in [0.1, 0.15) is 16.8 Å². The lowest BCUT2D eigenvalue weighted by Crippen LogP contribution is -2.48. The van der Waals surface area contributed by atoms with Crippen LogP contribution < -0.4 is 21.3 Å². The van der Waals surface area contributed by atoms with E-state index in [9.17, 15) is 4.79 Å². The van der Waals surface area contributed by atoms with Crippen molar-refractivity contribution >= 4 is 45.1 Å². The van der Waals surface area contributed by atoms with Gasteiger partial charge < -0.3 is 21.3 Å². The number of hydrogen-bond acceptors (Lipinski definition) is 8. The summed E-state index contributed by atoms with van der Waals surface area (Å²) in [6.07, 6.45) is 5.56. The van der Waals surface area contributed by atoms with E-state index in [1.807, 2.05) is 6.07 Å². The number of rotatable bonds is 6. The molecule has 4 heterocycles. The number of halogens is 2. The molecule has 1 saturated heterocycles. The Hall–Kier alpha value is -3.34.